The van der Waals surface area contributed by atoms with E-state index >= 15 is 0 Å². The number of amides is 1. The molecule has 0 spiro atoms. The Hall–Kier alpha value is -2.30. The fraction of sp³-hybridized carbons (Fsp3) is 0.333. The Balaban J connectivity index is 1.58. The standard InChI is InChI=1S/C15H15N5O3S2/c21-12(16-8-10-2-1-7-24-10)11-9-17-14-20(13(11)22)18-15(25-14)19-3-5-23-6-4-19/h1-2,7,9H,3-6,8H2,(H,16,21). The maximum absolute atomic E-state index is 12.6. The first-order valence-corrected chi connectivity index (χ1v) is 9.44. The molecular weight excluding hydrogens is 362 g/mol. The van der Waals surface area contributed by atoms with Crippen molar-refractivity contribution in [1.82, 2.24) is 19.9 Å². The minimum Gasteiger partial charge on any atom is -0.378 e. The van der Waals surface area contributed by atoms with E-state index in [4.69, 9.17) is 4.74 Å². The minimum atomic E-state index is -0.454. The molecule has 1 aliphatic heterocycles. The first-order chi connectivity index (χ1) is 12.2. The Kier molecular flexibility index (Phi) is 4.47. The van der Waals surface area contributed by atoms with Crippen LogP contribution in [0.4, 0.5) is 5.13 Å². The number of rotatable bonds is 4. The number of fused-ring (bicyclic) bond motifs is 1. The maximum Gasteiger partial charge on any atom is 0.288 e. The third-order valence-electron chi connectivity index (χ3n) is 3.81. The molecule has 3 aromatic heterocycles. The smallest absolute Gasteiger partial charge is 0.288 e. The molecule has 8 nitrogen and oxygen atoms in total. The number of hydrogen-bond donors (Lipinski definition) is 1. The van der Waals surface area contributed by atoms with Crippen LogP contribution in [0, 0.1) is 0 Å². The highest BCUT2D eigenvalue weighted by Gasteiger charge is 2.19. The summed E-state index contributed by atoms with van der Waals surface area (Å²) in [4.78, 5) is 32.7. The molecule has 0 saturated carbocycles. The van der Waals surface area contributed by atoms with Gasteiger partial charge in [0.2, 0.25) is 10.1 Å². The summed E-state index contributed by atoms with van der Waals surface area (Å²) in [5.74, 6) is -0.443. The predicted octanol–water partition coefficient (Wildman–Crippen LogP) is 0.979. The van der Waals surface area contributed by atoms with Gasteiger partial charge in [-0.15, -0.1) is 16.4 Å². The molecular formula is C15H15N5O3S2. The first-order valence-electron chi connectivity index (χ1n) is 7.74. The number of carbonyl (C=O) groups excluding carboxylic acids is 1. The highest BCUT2D eigenvalue weighted by Crippen LogP contribution is 2.21. The number of aromatic nitrogens is 3. The number of hydrogen-bond acceptors (Lipinski definition) is 8. The monoisotopic (exact) mass is 377 g/mol. The molecule has 130 valence electrons. The van der Waals surface area contributed by atoms with Crippen LogP contribution in [0.5, 0.6) is 0 Å². The molecule has 0 aliphatic carbocycles. The second kappa shape index (κ2) is 6.90. The number of ether oxygens (including phenoxy) is 1. The summed E-state index contributed by atoms with van der Waals surface area (Å²) in [5.41, 5.74) is -0.461. The van der Waals surface area contributed by atoms with E-state index in [0.29, 0.717) is 29.9 Å². The molecule has 1 N–H and O–H groups in total. The highest BCUT2D eigenvalue weighted by atomic mass is 32.1. The van der Waals surface area contributed by atoms with Gasteiger partial charge in [-0.3, -0.25) is 9.59 Å². The van der Waals surface area contributed by atoms with E-state index in [2.05, 4.69) is 20.3 Å². The van der Waals surface area contributed by atoms with Gasteiger partial charge in [0.25, 0.3) is 11.5 Å². The molecule has 4 heterocycles. The summed E-state index contributed by atoms with van der Waals surface area (Å²) in [7, 11) is 0. The molecule has 0 aromatic carbocycles. The lowest BCUT2D eigenvalue weighted by atomic mass is 10.3. The van der Waals surface area contributed by atoms with Crippen LogP contribution in [0.25, 0.3) is 4.96 Å². The number of thiophene rings is 1. The van der Waals surface area contributed by atoms with Gasteiger partial charge in [0, 0.05) is 24.2 Å². The molecule has 1 saturated heterocycles. The zero-order valence-corrected chi connectivity index (χ0v) is 14.8. The van der Waals surface area contributed by atoms with Crippen LogP contribution in [-0.4, -0.2) is 46.8 Å². The van der Waals surface area contributed by atoms with Crippen molar-refractivity contribution in [2.75, 3.05) is 31.2 Å². The fourth-order valence-electron chi connectivity index (χ4n) is 2.49. The zero-order chi connectivity index (χ0) is 17.2. The van der Waals surface area contributed by atoms with E-state index in [1.807, 2.05) is 17.5 Å². The average molecular weight is 377 g/mol. The Labute approximate surface area is 150 Å². The lowest BCUT2D eigenvalue weighted by Gasteiger charge is -2.25. The van der Waals surface area contributed by atoms with Gasteiger partial charge in [0.15, 0.2) is 0 Å². The normalized spacial score (nSPS) is 14.8. The summed E-state index contributed by atoms with van der Waals surface area (Å²) < 4.78 is 6.53. The number of anilines is 1. The molecule has 25 heavy (non-hydrogen) atoms. The number of morpholine rings is 1. The van der Waals surface area contributed by atoms with Crippen LogP contribution < -0.4 is 15.8 Å². The number of carbonyl (C=O) groups is 1. The number of nitrogens with one attached hydrogen (secondary N) is 1. The SMILES string of the molecule is O=C(NCc1cccs1)c1cnc2sc(N3CCOCC3)nn2c1=O. The van der Waals surface area contributed by atoms with Gasteiger partial charge in [-0.05, 0) is 11.4 Å². The van der Waals surface area contributed by atoms with E-state index in [0.717, 1.165) is 18.0 Å². The largest absolute Gasteiger partial charge is 0.378 e. The highest BCUT2D eigenvalue weighted by molar-refractivity contribution is 7.20. The second-order valence-corrected chi connectivity index (χ2v) is 7.38. The summed E-state index contributed by atoms with van der Waals surface area (Å²) in [6, 6.07) is 3.84. The summed E-state index contributed by atoms with van der Waals surface area (Å²) in [6.07, 6.45) is 1.32. The van der Waals surface area contributed by atoms with Gasteiger partial charge in [-0.1, -0.05) is 17.4 Å². The lowest BCUT2D eigenvalue weighted by molar-refractivity contribution is 0.0949. The van der Waals surface area contributed by atoms with E-state index in [1.165, 1.54) is 22.0 Å². The summed E-state index contributed by atoms with van der Waals surface area (Å²) in [5, 5.41) is 9.73. The molecule has 0 unspecified atom stereocenters. The van der Waals surface area contributed by atoms with Crippen molar-refractivity contribution in [1.29, 1.82) is 0 Å². The Morgan fingerprint density at radius 1 is 1.36 bits per heavy atom. The van der Waals surface area contributed by atoms with Gasteiger partial charge in [-0.2, -0.15) is 4.52 Å². The first kappa shape index (κ1) is 16.2. The van der Waals surface area contributed by atoms with Crippen molar-refractivity contribution in [2.24, 2.45) is 0 Å². The van der Waals surface area contributed by atoms with Crippen molar-refractivity contribution < 1.29 is 9.53 Å². The maximum atomic E-state index is 12.6. The molecule has 0 atom stereocenters. The molecule has 0 radical (unpaired) electrons. The van der Waals surface area contributed by atoms with Crippen LogP contribution in [0.1, 0.15) is 15.2 Å². The van der Waals surface area contributed by atoms with E-state index < -0.39 is 11.5 Å². The van der Waals surface area contributed by atoms with Crippen LogP contribution in [0.2, 0.25) is 0 Å². The fourth-order valence-corrected chi connectivity index (χ4v) is 4.05. The van der Waals surface area contributed by atoms with Gasteiger partial charge in [0.1, 0.15) is 5.56 Å². The van der Waals surface area contributed by atoms with Crippen LogP contribution in [0.3, 0.4) is 0 Å². The van der Waals surface area contributed by atoms with Crippen LogP contribution in [-0.2, 0) is 11.3 Å². The molecule has 1 amide bonds. The molecule has 10 heteroatoms. The van der Waals surface area contributed by atoms with Gasteiger partial charge in [0.05, 0.1) is 19.8 Å². The third-order valence-corrected chi connectivity index (χ3v) is 5.67. The lowest BCUT2D eigenvalue weighted by Crippen LogP contribution is -2.36. The van der Waals surface area contributed by atoms with Crippen LogP contribution >= 0.6 is 22.7 Å². The molecule has 1 aliphatic rings. The van der Waals surface area contributed by atoms with Crippen molar-refractivity contribution in [3.05, 3.63) is 44.5 Å². The zero-order valence-electron chi connectivity index (χ0n) is 13.2. The van der Waals surface area contributed by atoms with E-state index in [1.54, 1.807) is 11.3 Å². The summed E-state index contributed by atoms with van der Waals surface area (Å²) in [6.45, 7) is 3.10. The molecule has 4 rings (SSSR count). The molecule has 3 aromatic rings. The van der Waals surface area contributed by atoms with Crippen LogP contribution in [0.15, 0.2) is 28.5 Å². The number of nitrogens with zero attached hydrogens (tertiary/aromatic N) is 4. The van der Waals surface area contributed by atoms with Gasteiger partial charge >= 0.3 is 0 Å². The van der Waals surface area contributed by atoms with Gasteiger partial charge in [-0.25, -0.2) is 4.98 Å². The second-order valence-electron chi connectivity index (χ2n) is 5.42. The van der Waals surface area contributed by atoms with Crippen molar-refractivity contribution >= 4 is 38.7 Å². The summed E-state index contributed by atoms with van der Waals surface area (Å²) >= 11 is 2.88. The van der Waals surface area contributed by atoms with Crippen molar-refractivity contribution in [2.45, 2.75) is 6.54 Å². The quantitative estimate of drug-likeness (QED) is 0.729. The Bertz CT molecular complexity index is 944. The Morgan fingerprint density at radius 3 is 2.96 bits per heavy atom. The van der Waals surface area contributed by atoms with Gasteiger partial charge < -0.3 is 15.0 Å². The Morgan fingerprint density at radius 2 is 2.20 bits per heavy atom. The minimum absolute atomic E-state index is 0.00659. The topological polar surface area (TPSA) is 88.8 Å². The predicted molar refractivity (Wildman–Crippen MR) is 95.7 cm³/mol. The molecule has 1 fully saturated rings. The average Bonchev–Trinajstić information content (AvgIpc) is 3.31. The van der Waals surface area contributed by atoms with Crippen molar-refractivity contribution in [3.63, 3.8) is 0 Å². The van der Waals surface area contributed by atoms with E-state index in [9.17, 15) is 9.59 Å². The molecule has 0 bridgehead atoms. The van der Waals surface area contributed by atoms with E-state index in [-0.39, 0.29) is 5.56 Å². The van der Waals surface area contributed by atoms with Crippen molar-refractivity contribution in [3.8, 4) is 0 Å². The third kappa shape index (κ3) is 3.28.